The molecule has 0 unspecified atom stereocenters. The molecule has 2 aromatic heterocycles. The number of benzene rings is 1. The fourth-order valence-electron chi connectivity index (χ4n) is 1.97. The minimum absolute atomic E-state index is 0.0622. The average molecular weight is 433 g/mol. The zero-order chi connectivity index (χ0) is 20.3. The van der Waals surface area contributed by atoms with E-state index in [1.54, 1.807) is 10.5 Å². The van der Waals surface area contributed by atoms with Crippen molar-refractivity contribution in [3.8, 4) is 0 Å². The van der Waals surface area contributed by atoms with E-state index in [0.29, 0.717) is 6.07 Å². The van der Waals surface area contributed by atoms with Gasteiger partial charge in [0.05, 0.1) is 0 Å². The number of guanidine groups is 1. The summed E-state index contributed by atoms with van der Waals surface area (Å²) in [5, 5.41) is 11.9. The zero-order valence-corrected chi connectivity index (χ0v) is 15.1. The van der Waals surface area contributed by atoms with Gasteiger partial charge < -0.3 is 5.32 Å². The third kappa shape index (κ3) is 5.04. The Kier molecular flexibility index (Phi) is 5.61. The molecule has 0 bridgehead atoms. The highest BCUT2D eigenvalue weighted by Gasteiger charge is 2.33. The summed E-state index contributed by atoms with van der Waals surface area (Å²) in [5.74, 6) is -2.01. The van der Waals surface area contributed by atoms with Crippen molar-refractivity contribution >= 4 is 46.3 Å². The van der Waals surface area contributed by atoms with Gasteiger partial charge >= 0.3 is 6.18 Å². The van der Waals surface area contributed by atoms with Crippen molar-refractivity contribution in [1.29, 1.82) is 0 Å². The molecule has 0 saturated heterocycles. The van der Waals surface area contributed by atoms with Gasteiger partial charge in [-0.3, -0.25) is 15.2 Å². The smallest absolute Gasteiger partial charge is 0.325 e. The summed E-state index contributed by atoms with van der Waals surface area (Å²) < 4.78 is 51.6. The number of nitrogens with zero attached hydrogens (tertiary/aromatic N) is 3. The highest BCUT2D eigenvalue weighted by molar-refractivity contribution is 7.11. The van der Waals surface area contributed by atoms with Crippen LogP contribution in [0.15, 0.2) is 40.8 Å². The summed E-state index contributed by atoms with van der Waals surface area (Å²) in [6.07, 6.45) is -3.24. The number of H-pyrrole nitrogens is 1. The number of halogens is 5. The molecular weight excluding hydrogens is 424 g/mol. The lowest BCUT2D eigenvalue weighted by atomic mass is 10.3. The van der Waals surface area contributed by atoms with Gasteiger partial charge in [-0.1, -0.05) is 11.6 Å². The van der Waals surface area contributed by atoms with Gasteiger partial charge in [0.1, 0.15) is 11.5 Å². The number of aromatic amines is 1. The van der Waals surface area contributed by atoms with Crippen LogP contribution in [0.25, 0.3) is 0 Å². The van der Waals surface area contributed by atoms with Crippen LogP contribution in [0, 0.1) is 5.82 Å². The van der Waals surface area contributed by atoms with Gasteiger partial charge in [0.25, 0.3) is 5.91 Å². The van der Waals surface area contributed by atoms with Crippen molar-refractivity contribution < 1.29 is 22.4 Å². The molecule has 0 aliphatic carbocycles. The summed E-state index contributed by atoms with van der Waals surface area (Å²) >= 11 is 6.82. The van der Waals surface area contributed by atoms with E-state index in [1.807, 2.05) is 0 Å². The van der Waals surface area contributed by atoms with E-state index in [-0.39, 0.29) is 27.5 Å². The molecule has 2 heterocycles. The summed E-state index contributed by atoms with van der Waals surface area (Å²) in [7, 11) is 0. The van der Waals surface area contributed by atoms with Crippen LogP contribution in [0.3, 0.4) is 0 Å². The summed E-state index contributed by atoms with van der Waals surface area (Å²) in [6, 6.07) is 4.10. The van der Waals surface area contributed by atoms with Crippen LogP contribution >= 0.6 is 22.9 Å². The fraction of sp³-hybridized carbons (Fsp3) is 0.0667. The van der Waals surface area contributed by atoms with Crippen LogP contribution in [0.1, 0.15) is 15.5 Å². The SMILES string of the molecule is O=C(NC(=Nc1cc(C(F)(F)F)[nH]n1)Nc1cc(F)cc(Cl)c1)c1nccs1. The minimum atomic E-state index is -4.64. The van der Waals surface area contributed by atoms with E-state index in [1.165, 1.54) is 12.3 Å². The Balaban J connectivity index is 1.91. The number of amides is 1. The zero-order valence-electron chi connectivity index (χ0n) is 13.5. The summed E-state index contributed by atoms with van der Waals surface area (Å²) in [6.45, 7) is 0. The average Bonchev–Trinajstić information content (AvgIpc) is 3.25. The van der Waals surface area contributed by atoms with Crippen molar-refractivity contribution in [2.24, 2.45) is 4.99 Å². The topological polar surface area (TPSA) is 95.1 Å². The number of carbonyl (C=O) groups is 1. The molecule has 0 aliphatic heterocycles. The number of hydrogen-bond donors (Lipinski definition) is 3. The van der Waals surface area contributed by atoms with E-state index in [0.717, 1.165) is 23.5 Å². The maximum Gasteiger partial charge on any atom is 0.432 e. The molecule has 28 heavy (non-hydrogen) atoms. The van der Waals surface area contributed by atoms with Crippen LogP contribution < -0.4 is 10.6 Å². The molecule has 3 aromatic rings. The number of aliphatic imine (C=N–C) groups is 1. The molecule has 0 saturated carbocycles. The molecule has 3 rings (SSSR count). The van der Waals surface area contributed by atoms with Crippen molar-refractivity contribution in [3.63, 3.8) is 0 Å². The van der Waals surface area contributed by atoms with Gasteiger partial charge in [0.15, 0.2) is 10.8 Å². The van der Waals surface area contributed by atoms with Crippen molar-refractivity contribution in [2.75, 3.05) is 5.32 Å². The Morgan fingerprint density at radius 2 is 2.04 bits per heavy atom. The fourth-order valence-corrected chi connectivity index (χ4v) is 2.73. The van der Waals surface area contributed by atoms with E-state index in [4.69, 9.17) is 11.6 Å². The molecule has 0 spiro atoms. The number of aromatic nitrogens is 3. The van der Waals surface area contributed by atoms with Crippen LogP contribution in [0.5, 0.6) is 0 Å². The lowest BCUT2D eigenvalue weighted by Gasteiger charge is -2.10. The van der Waals surface area contributed by atoms with Crippen molar-refractivity contribution in [3.05, 3.63) is 57.4 Å². The largest absolute Gasteiger partial charge is 0.432 e. The quantitative estimate of drug-likeness (QED) is 0.328. The molecular formula is C15H9ClF4N6OS. The van der Waals surface area contributed by atoms with E-state index in [9.17, 15) is 22.4 Å². The Bertz CT molecular complexity index is 998. The molecule has 1 amide bonds. The van der Waals surface area contributed by atoms with Gasteiger partial charge in [0.2, 0.25) is 5.96 Å². The van der Waals surface area contributed by atoms with Gasteiger partial charge in [-0.15, -0.1) is 11.3 Å². The second-order valence-corrected chi connectivity index (χ2v) is 6.50. The molecule has 0 atom stereocenters. The number of hydrogen-bond acceptors (Lipinski definition) is 5. The molecule has 146 valence electrons. The van der Waals surface area contributed by atoms with E-state index < -0.39 is 23.6 Å². The van der Waals surface area contributed by atoms with Gasteiger partial charge in [-0.2, -0.15) is 23.3 Å². The van der Waals surface area contributed by atoms with Crippen LogP contribution in [0.2, 0.25) is 5.02 Å². The molecule has 0 aliphatic rings. The van der Waals surface area contributed by atoms with Crippen LogP contribution in [-0.4, -0.2) is 27.0 Å². The Morgan fingerprint density at radius 3 is 2.64 bits per heavy atom. The summed E-state index contributed by atoms with van der Waals surface area (Å²) in [5.41, 5.74) is -1.01. The number of alkyl halides is 3. The molecule has 13 heteroatoms. The number of nitrogens with one attached hydrogen (secondary N) is 3. The maximum absolute atomic E-state index is 13.5. The van der Waals surface area contributed by atoms with Gasteiger partial charge in [-0.05, 0) is 18.2 Å². The molecule has 3 N–H and O–H groups in total. The number of carbonyl (C=O) groups excluding carboxylic acids is 1. The lowest BCUT2D eigenvalue weighted by molar-refractivity contribution is -0.141. The van der Waals surface area contributed by atoms with Crippen molar-refractivity contribution in [1.82, 2.24) is 20.5 Å². The van der Waals surface area contributed by atoms with Crippen molar-refractivity contribution in [2.45, 2.75) is 6.18 Å². The predicted molar refractivity (Wildman–Crippen MR) is 95.3 cm³/mol. The first-order chi connectivity index (χ1) is 13.2. The normalized spacial score (nSPS) is 12.1. The number of thiazole rings is 1. The molecule has 1 aromatic carbocycles. The Morgan fingerprint density at radius 1 is 1.25 bits per heavy atom. The third-order valence-electron chi connectivity index (χ3n) is 3.08. The summed E-state index contributed by atoms with van der Waals surface area (Å²) in [4.78, 5) is 19.9. The molecule has 7 nitrogen and oxygen atoms in total. The number of anilines is 1. The monoisotopic (exact) mass is 432 g/mol. The predicted octanol–water partition coefficient (Wildman–Crippen LogP) is 4.21. The van der Waals surface area contributed by atoms with Crippen LogP contribution in [0.4, 0.5) is 29.1 Å². The van der Waals surface area contributed by atoms with Gasteiger partial charge in [0, 0.05) is 28.4 Å². The van der Waals surface area contributed by atoms with E-state index >= 15 is 0 Å². The lowest BCUT2D eigenvalue weighted by Crippen LogP contribution is -2.35. The minimum Gasteiger partial charge on any atom is -0.325 e. The van der Waals surface area contributed by atoms with Crippen LogP contribution in [-0.2, 0) is 6.18 Å². The Hall–Kier alpha value is -2.99. The second kappa shape index (κ2) is 7.94. The standard InChI is InChI=1S/C15H9ClF4N6OS/c16-7-3-8(17)5-9(4-7)22-14(24-12(27)13-21-1-2-28-13)23-11-6-10(25-26-11)15(18,19)20/h1-6H,(H3,22,23,24,25,26,27). The first-order valence-corrected chi connectivity index (χ1v) is 8.62. The molecule has 0 radical (unpaired) electrons. The van der Waals surface area contributed by atoms with E-state index in [2.05, 4.69) is 25.7 Å². The Labute approximate surface area is 163 Å². The highest BCUT2D eigenvalue weighted by Crippen LogP contribution is 2.29. The van der Waals surface area contributed by atoms with Gasteiger partial charge in [-0.25, -0.2) is 9.37 Å². The first kappa shape index (κ1) is 19.8. The number of rotatable bonds is 3. The first-order valence-electron chi connectivity index (χ1n) is 7.36. The highest BCUT2D eigenvalue weighted by atomic mass is 35.5. The molecule has 0 fully saturated rings. The second-order valence-electron chi connectivity index (χ2n) is 5.17. The maximum atomic E-state index is 13.5. The third-order valence-corrected chi connectivity index (χ3v) is 4.07.